The topological polar surface area (TPSA) is 52.0 Å². The summed E-state index contributed by atoms with van der Waals surface area (Å²) in [5.41, 5.74) is 7.63. The summed E-state index contributed by atoms with van der Waals surface area (Å²) in [6.07, 6.45) is 0. The lowest BCUT2D eigenvalue weighted by Gasteiger charge is -2.15. The van der Waals surface area contributed by atoms with Gasteiger partial charge in [-0.15, -0.1) is 0 Å². The van der Waals surface area contributed by atoms with E-state index in [1.54, 1.807) is 0 Å². The standard InChI is InChI=1S/C9H16N2O/c1-6-7(5-10)8(11-12-6)9(2,3)4/h5,10H2,1-4H3. The minimum atomic E-state index is 0.0203. The zero-order valence-electron chi connectivity index (χ0n) is 8.14. The molecule has 1 aromatic rings. The molecule has 0 aromatic carbocycles. The smallest absolute Gasteiger partial charge is 0.138 e. The molecule has 0 saturated heterocycles. The van der Waals surface area contributed by atoms with Gasteiger partial charge in [-0.25, -0.2) is 0 Å². The summed E-state index contributed by atoms with van der Waals surface area (Å²) in [5.74, 6) is 0.836. The summed E-state index contributed by atoms with van der Waals surface area (Å²) in [7, 11) is 0. The van der Waals surface area contributed by atoms with Gasteiger partial charge < -0.3 is 10.3 Å². The first-order chi connectivity index (χ1) is 5.46. The number of hydrogen-bond acceptors (Lipinski definition) is 3. The molecule has 0 aliphatic rings. The van der Waals surface area contributed by atoms with Gasteiger partial charge in [0.25, 0.3) is 0 Å². The van der Waals surface area contributed by atoms with Crippen LogP contribution in [0, 0.1) is 6.92 Å². The van der Waals surface area contributed by atoms with Gasteiger partial charge in [0, 0.05) is 17.5 Å². The molecule has 0 unspecified atom stereocenters. The fraction of sp³-hybridized carbons (Fsp3) is 0.667. The molecule has 3 nitrogen and oxygen atoms in total. The Hall–Kier alpha value is -0.830. The Labute approximate surface area is 72.9 Å². The average Bonchev–Trinajstić information content (AvgIpc) is 2.29. The quantitative estimate of drug-likeness (QED) is 0.695. The summed E-state index contributed by atoms with van der Waals surface area (Å²) in [6.45, 7) is 8.70. The lowest BCUT2D eigenvalue weighted by Crippen LogP contribution is -2.15. The monoisotopic (exact) mass is 168 g/mol. The molecule has 0 aliphatic heterocycles. The first kappa shape index (κ1) is 9.26. The van der Waals surface area contributed by atoms with Gasteiger partial charge in [-0.2, -0.15) is 0 Å². The van der Waals surface area contributed by atoms with Gasteiger partial charge >= 0.3 is 0 Å². The van der Waals surface area contributed by atoms with E-state index in [2.05, 4.69) is 25.9 Å². The van der Waals surface area contributed by atoms with Crippen molar-refractivity contribution in [3.8, 4) is 0 Å². The van der Waals surface area contributed by atoms with Crippen molar-refractivity contribution in [3.63, 3.8) is 0 Å². The molecule has 0 bridgehead atoms. The molecule has 3 heteroatoms. The van der Waals surface area contributed by atoms with Gasteiger partial charge in [0.2, 0.25) is 0 Å². The van der Waals surface area contributed by atoms with Crippen molar-refractivity contribution in [2.24, 2.45) is 5.73 Å². The fourth-order valence-corrected chi connectivity index (χ4v) is 1.22. The molecule has 2 N–H and O–H groups in total. The molecule has 0 saturated carbocycles. The number of aryl methyl sites for hydroxylation is 1. The number of aromatic nitrogens is 1. The van der Waals surface area contributed by atoms with Gasteiger partial charge in [0.15, 0.2) is 0 Å². The number of rotatable bonds is 1. The predicted octanol–water partition coefficient (Wildman–Crippen LogP) is 1.74. The second-order valence-corrected chi connectivity index (χ2v) is 4.02. The van der Waals surface area contributed by atoms with Gasteiger partial charge in [0.05, 0.1) is 5.69 Å². The molecule has 1 rings (SSSR count). The van der Waals surface area contributed by atoms with Gasteiger partial charge in [-0.3, -0.25) is 0 Å². The van der Waals surface area contributed by atoms with E-state index in [0.717, 1.165) is 17.0 Å². The van der Waals surface area contributed by atoms with Crippen LogP contribution in [0.5, 0.6) is 0 Å². The Morgan fingerprint density at radius 2 is 2.00 bits per heavy atom. The molecule has 68 valence electrons. The van der Waals surface area contributed by atoms with Crippen molar-refractivity contribution in [1.29, 1.82) is 0 Å². The Kier molecular flexibility index (Phi) is 2.24. The molecule has 1 aromatic heterocycles. The third kappa shape index (κ3) is 1.50. The molecule has 1 heterocycles. The highest BCUT2D eigenvalue weighted by molar-refractivity contribution is 5.27. The molecule has 0 atom stereocenters. The SMILES string of the molecule is Cc1onc(C(C)(C)C)c1CN. The van der Waals surface area contributed by atoms with E-state index in [4.69, 9.17) is 10.3 Å². The van der Waals surface area contributed by atoms with Gasteiger partial charge in [-0.05, 0) is 6.92 Å². The van der Waals surface area contributed by atoms with Gasteiger partial charge in [-0.1, -0.05) is 25.9 Å². The van der Waals surface area contributed by atoms with Gasteiger partial charge in [0.1, 0.15) is 5.76 Å². The maximum Gasteiger partial charge on any atom is 0.138 e. The van der Waals surface area contributed by atoms with Crippen molar-refractivity contribution in [1.82, 2.24) is 5.16 Å². The summed E-state index contributed by atoms with van der Waals surface area (Å²) in [6, 6.07) is 0. The largest absolute Gasteiger partial charge is 0.361 e. The van der Waals surface area contributed by atoms with Crippen LogP contribution in [0.4, 0.5) is 0 Å². The van der Waals surface area contributed by atoms with Crippen molar-refractivity contribution < 1.29 is 4.52 Å². The summed E-state index contributed by atoms with van der Waals surface area (Å²) >= 11 is 0. The summed E-state index contributed by atoms with van der Waals surface area (Å²) in [5, 5.41) is 4.00. The maximum absolute atomic E-state index is 5.59. The van der Waals surface area contributed by atoms with E-state index in [1.165, 1.54) is 0 Å². The van der Waals surface area contributed by atoms with Crippen molar-refractivity contribution in [3.05, 3.63) is 17.0 Å². The molecule has 0 fully saturated rings. The minimum Gasteiger partial charge on any atom is -0.361 e. The highest BCUT2D eigenvalue weighted by Crippen LogP contribution is 2.26. The van der Waals surface area contributed by atoms with Crippen LogP contribution >= 0.6 is 0 Å². The first-order valence-electron chi connectivity index (χ1n) is 4.12. The van der Waals surface area contributed by atoms with Crippen LogP contribution in [0.2, 0.25) is 0 Å². The first-order valence-corrected chi connectivity index (χ1v) is 4.12. The van der Waals surface area contributed by atoms with E-state index in [1.807, 2.05) is 6.92 Å². The second kappa shape index (κ2) is 2.90. The van der Waals surface area contributed by atoms with Crippen molar-refractivity contribution in [2.45, 2.75) is 39.7 Å². The Morgan fingerprint density at radius 1 is 1.42 bits per heavy atom. The van der Waals surface area contributed by atoms with E-state index in [0.29, 0.717) is 6.54 Å². The lowest BCUT2D eigenvalue weighted by molar-refractivity contribution is 0.375. The zero-order valence-corrected chi connectivity index (χ0v) is 8.14. The number of hydrogen-bond donors (Lipinski definition) is 1. The highest BCUT2D eigenvalue weighted by atomic mass is 16.5. The van der Waals surface area contributed by atoms with Crippen molar-refractivity contribution in [2.75, 3.05) is 0 Å². The van der Waals surface area contributed by atoms with E-state index in [9.17, 15) is 0 Å². The van der Waals surface area contributed by atoms with Crippen LogP contribution in [0.3, 0.4) is 0 Å². The highest BCUT2D eigenvalue weighted by Gasteiger charge is 2.23. The second-order valence-electron chi connectivity index (χ2n) is 4.02. The summed E-state index contributed by atoms with van der Waals surface area (Å²) < 4.78 is 5.08. The van der Waals surface area contributed by atoms with Crippen LogP contribution in [0.1, 0.15) is 37.8 Å². The Bertz CT molecular complexity index is 271. The van der Waals surface area contributed by atoms with Crippen LogP contribution in [-0.4, -0.2) is 5.16 Å². The van der Waals surface area contributed by atoms with E-state index >= 15 is 0 Å². The van der Waals surface area contributed by atoms with Crippen LogP contribution in [-0.2, 0) is 12.0 Å². The number of nitrogens with zero attached hydrogens (tertiary/aromatic N) is 1. The van der Waals surface area contributed by atoms with E-state index < -0.39 is 0 Å². The van der Waals surface area contributed by atoms with Crippen LogP contribution < -0.4 is 5.73 Å². The Balaban J connectivity index is 3.16. The average molecular weight is 168 g/mol. The lowest BCUT2D eigenvalue weighted by atomic mass is 9.89. The molecule has 0 amide bonds. The van der Waals surface area contributed by atoms with E-state index in [-0.39, 0.29) is 5.41 Å². The zero-order chi connectivity index (χ0) is 9.35. The molecule has 0 spiro atoms. The van der Waals surface area contributed by atoms with Crippen molar-refractivity contribution >= 4 is 0 Å². The van der Waals surface area contributed by atoms with Crippen LogP contribution in [0.25, 0.3) is 0 Å². The van der Waals surface area contributed by atoms with Crippen LogP contribution in [0.15, 0.2) is 4.52 Å². The molecular formula is C9H16N2O. The third-order valence-electron chi connectivity index (χ3n) is 1.90. The normalized spacial score (nSPS) is 12.1. The predicted molar refractivity (Wildman–Crippen MR) is 47.8 cm³/mol. The summed E-state index contributed by atoms with van der Waals surface area (Å²) in [4.78, 5) is 0. The molecule has 0 aliphatic carbocycles. The Morgan fingerprint density at radius 3 is 2.33 bits per heavy atom. The minimum absolute atomic E-state index is 0.0203. The third-order valence-corrected chi connectivity index (χ3v) is 1.90. The maximum atomic E-state index is 5.59. The molecular weight excluding hydrogens is 152 g/mol. The molecule has 0 radical (unpaired) electrons. The molecule has 12 heavy (non-hydrogen) atoms. The fourth-order valence-electron chi connectivity index (χ4n) is 1.22. The number of nitrogens with two attached hydrogens (primary N) is 1.